The lowest BCUT2D eigenvalue weighted by atomic mass is 10.1. The molecule has 0 spiro atoms. The number of hydrogen-bond donors (Lipinski definition) is 0. The molecule has 2 aromatic heterocycles. The van der Waals surface area contributed by atoms with Crippen molar-refractivity contribution >= 4 is 28.9 Å². The van der Waals surface area contributed by atoms with Crippen molar-refractivity contribution in [3.8, 4) is 11.1 Å². The molecule has 0 bridgehead atoms. The van der Waals surface area contributed by atoms with Crippen LogP contribution in [0.3, 0.4) is 0 Å². The number of aromatic nitrogens is 4. The third-order valence-electron chi connectivity index (χ3n) is 8.42. The zero-order valence-corrected chi connectivity index (χ0v) is 25.5. The molecule has 0 saturated carbocycles. The summed E-state index contributed by atoms with van der Waals surface area (Å²) < 4.78 is 11.9. The second-order valence-electron chi connectivity index (χ2n) is 12.3. The highest BCUT2D eigenvalue weighted by Gasteiger charge is 2.38. The SMILES string of the molecule is CCn1c(CN2C(=O)c3ccccc3C2=O)[n+](CC)c2ccc(-c3cnn(C4CCN(C(=O)OC(C)(C)C)CC4)c3)cc21. The van der Waals surface area contributed by atoms with Crippen molar-refractivity contribution in [2.75, 3.05) is 13.1 Å². The maximum absolute atomic E-state index is 13.2. The Morgan fingerprint density at radius 1 is 1.00 bits per heavy atom. The van der Waals surface area contributed by atoms with Crippen LogP contribution >= 0.6 is 0 Å². The summed E-state index contributed by atoms with van der Waals surface area (Å²) in [6.07, 6.45) is 5.35. The quantitative estimate of drug-likeness (QED) is 0.230. The Bertz CT molecular complexity index is 1690. The average molecular weight is 584 g/mol. The van der Waals surface area contributed by atoms with Crippen molar-refractivity contribution < 1.29 is 23.7 Å². The van der Waals surface area contributed by atoms with Crippen LogP contribution in [0.4, 0.5) is 4.79 Å². The Labute approximate surface area is 251 Å². The topological polar surface area (TPSA) is 93.5 Å². The van der Waals surface area contributed by atoms with E-state index in [1.165, 1.54) is 4.90 Å². The van der Waals surface area contributed by atoms with E-state index in [1.807, 2.05) is 31.6 Å². The van der Waals surface area contributed by atoms with E-state index in [0.29, 0.717) is 37.3 Å². The van der Waals surface area contributed by atoms with Gasteiger partial charge in [0.05, 0.1) is 36.5 Å². The van der Waals surface area contributed by atoms with Crippen molar-refractivity contribution in [3.63, 3.8) is 0 Å². The summed E-state index contributed by atoms with van der Waals surface area (Å²) >= 11 is 0. The molecule has 1 fully saturated rings. The number of nitrogens with zero attached hydrogens (tertiary/aromatic N) is 6. The molecule has 0 unspecified atom stereocenters. The molecule has 1 saturated heterocycles. The van der Waals surface area contributed by atoms with Gasteiger partial charge in [-0.1, -0.05) is 12.1 Å². The predicted octanol–water partition coefficient (Wildman–Crippen LogP) is 5.20. The normalized spacial score (nSPS) is 15.9. The zero-order valence-electron chi connectivity index (χ0n) is 25.5. The van der Waals surface area contributed by atoms with Crippen LogP contribution < -0.4 is 4.57 Å². The number of amides is 3. The van der Waals surface area contributed by atoms with Gasteiger partial charge >= 0.3 is 6.09 Å². The third-order valence-corrected chi connectivity index (χ3v) is 8.42. The van der Waals surface area contributed by atoms with E-state index in [0.717, 1.165) is 40.8 Å². The van der Waals surface area contributed by atoms with Crippen molar-refractivity contribution in [1.29, 1.82) is 0 Å². The molecule has 10 heteroatoms. The summed E-state index contributed by atoms with van der Waals surface area (Å²) in [6, 6.07) is 13.6. The van der Waals surface area contributed by atoms with Gasteiger partial charge < -0.3 is 9.64 Å². The van der Waals surface area contributed by atoms with Crippen LogP contribution in [0.2, 0.25) is 0 Å². The van der Waals surface area contributed by atoms with E-state index < -0.39 is 5.60 Å². The number of rotatable bonds is 6. The molecule has 6 rings (SSSR count). The lowest BCUT2D eigenvalue weighted by Gasteiger charge is -2.33. The van der Waals surface area contributed by atoms with Crippen molar-refractivity contribution in [1.82, 2.24) is 24.1 Å². The predicted molar refractivity (Wildman–Crippen MR) is 161 cm³/mol. The Kier molecular flexibility index (Phi) is 7.31. The minimum Gasteiger partial charge on any atom is -0.444 e. The van der Waals surface area contributed by atoms with Gasteiger partial charge in [-0.3, -0.25) is 19.2 Å². The molecular formula is C33H39N6O4+. The second-order valence-corrected chi connectivity index (χ2v) is 12.3. The molecule has 0 aliphatic carbocycles. The molecule has 2 aliphatic heterocycles. The molecule has 3 amide bonds. The largest absolute Gasteiger partial charge is 0.444 e. The van der Waals surface area contributed by atoms with Crippen LogP contribution in [0.25, 0.3) is 22.2 Å². The Morgan fingerprint density at radius 2 is 1.67 bits per heavy atom. The summed E-state index contributed by atoms with van der Waals surface area (Å²) in [6.45, 7) is 12.7. The fraction of sp³-hybridized carbons (Fsp3) is 0.424. The number of imidazole rings is 1. The number of carbonyl (C=O) groups excluding carboxylic acids is 3. The number of imide groups is 1. The van der Waals surface area contributed by atoms with Gasteiger partial charge in [0.1, 0.15) is 12.1 Å². The first kappa shape index (κ1) is 28.6. The molecule has 2 aliphatic rings. The highest BCUT2D eigenvalue weighted by molar-refractivity contribution is 6.21. The Balaban J connectivity index is 1.24. The van der Waals surface area contributed by atoms with Gasteiger partial charge in [0.25, 0.3) is 17.6 Å². The van der Waals surface area contributed by atoms with Crippen molar-refractivity contribution in [2.45, 2.75) is 78.7 Å². The summed E-state index contributed by atoms with van der Waals surface area (Å²) in [5.74, 6) is 0.418. The van der Waals surface area contributed by atoms with Gasteiger partial charge in [0.15, 0.2) is 11.0 Å². The molecule has 0 N–H and O–H groups in total. The number of piperidine rings is 1. The van der Waals surface area contributed by atoms with E-state index in [-0.39, 0.29) is 30.5 Å². The van der Waals surface area contributed by atoms with Gasteiger partial charge in [-0.15, -0.1) is 0 Å². The zero-order chi connectivity index (χ0) is 30.5. The first-order chi connectivity index (χ1) is 20.6. The minimum absolute atomic E-state index is 0.206. The van der Waals surface area contributed by atoms with Crippen molar-refractivity contribution in [3.05, 3.63) is 71.8 Å². The molecule has 10 nitrogen and oxygen atoms in total. The van der Waals surface area contributed by atoms with Gasteiger partial charge in [-0.05, 0) is 83.4 Å². The second kappa shape index (κ2) is 11.0. The highest BCUT2D eigenvalue weighted by Crippen LogP contribution is 2.30. The monoisotopic (exact) mass is 583 g/mol. The van der Waals surface area contributed by atoms with E-state index in [2.05, 4.69) is 47.4 Å². The number of likely N-dealkylation sites (tertiary alicyclic amines) is 1. The van der Waals surface area contributed by atoms with E-state index in [9.17, 15) is 14.4 Å². The first-order valence-corrected chi connectivity index (χ1v) is 15.1. The van der Waals surface area contributed by atoms with Gasteiger partial charge in [-0.25, -0.2) is 13.9 Å². The van der Waals surface area contributed by atoms with Gasteiger partial charge in [-0.2, -0.15) is 5.10 Å². The maximum atomic E-state index is 13.2. The van der Waals surface area contributed by atoms with Crippen LogP contribution in [0, 0.1) is 0 Å². The Morgan fingerprint density at radius 3 is 2.28 bits per heavy atom. The number of benzene rings is 2. The lowest BCUT2D eigenvalue weighted by molar-refractivity contribution is -0.677. The molecular weight excluding hydrogens is 544 g/mol. The third kappa shape index (κ3) is 5.19. The fourth-order valence-corrected chi connectivity index (χ4v) is 6.30. The molecule has 0 radical (unpaired) electrons. The summed E-state index contributed by atoms with van der Waals surface area (Å²) in [5, 5.41) is 4.70. The lowest BCUT2D eigenvalue weighted by Crippen LogP contribution is -2.42. The molecule has 224 valence electrons. The van der Waals surface area contributed by atoms with Crippen LogP contribution in [0.1, 0.15) is 80.0 Å². The van der Waals surface area contributed by atoms with Crippen LogP contribution in [0.5, 0.6) is 0 Å². The molecule has 2 aromatic carbocycles. The van der Waals surface area contributed by atoms with E-state index in [4.69, 9.17) is 9.84 Å². The van der Waals surface area contributed by atoms with Gasteiger partial charge in [0, 0.05) is 24.8 Å². The number of aryl methyl sites for hydroxylation is 2. The van der Waals surface area contributed by atoms with E-state index >= 15 is 0 Å². The van der Waals surface area contributed by atoms with Crippen LogP contribution in [-0.2, 0) is 24.4 Å². The smallest absolute Gasteiger partial charge is 0.410 e. The molecule has 4 aromatic rings. The van der Waals surface area contributed by atoms with Crippen LogP contribution in [-0.4, -0.2) is 60.7 Å². The highest BCUT2D eigenvalue weighted by atomic mass is 16.6. The van der Waals surface area contributed by atoms with Crippen LogP contribution in [0.15, 0.2) is 54.9 Å². The van der Waals surface area contributed by atoms with Crippen molar-refractivity contribution in [2.24, 2.45) is 0 Å². The molecule has 0 atom stereocenters. The first-order valence-electron chi connectivity index (χ1n) is 15.1. The minimum atomic E-state index is -0.504. The van der Waals surface area contributed by atoms with Gasteiger partial charge in [0.2, 0.25) is 0 Å². The maximum Gasteiger partial charge on any atom is 0.410 e. The summed E-state index contributed by atoms with van der Waals surface area (Å²) in [4.78, 5) is 41.9. The molecule has 4 heterocycles. The number of hydrogen-bond acceptors (Lipinski definition) is 5. The summed E-state index contributed by atoms with van der Waals surface area (Å²) in [7, 11) is 0. The number of ether oxygens (including phenoxy) is 1. The molecule has 43 heavy (non-hydrogen) atoms. The standard InChI is InChI=1S/C33H39N6O4/c1-6-36-27-13-12-22(23-19-34-39(20-23)24-14-16-35(17-15-24)32(42)43-33(3,4)5)18-28(27)37(7-2)29(36)21-38-30(40)25-10-8-9-11-26(25)31(38)41/h8-13,18-20,24H,6-7,14-17,21H2,1-5H3/q+1. The number of carbonyl (C=O) groups is 3. The average Bonchev–Trinajstić information content (AvgIpc) is 3.66. The fourth-order valence-electron chi connectivity index (χ4n) is 6.30. The van der Waals surface area contributed by atoms with E-state index in [1.54, 1.807) is 29.2 Å². The Hall–Kier alpha value is -4.47. The summed E-state index contributed by atoms with van der Waals surface area (Å²) in [5.41, 5.74) is 4.59. The number of fused-ring (bicyclic) bond motifs is 2.